The Morgan fingerprint density at radius 3 is 2.28 bits per heavy atom. The maximum atomic E-state index is 13.1. The number of piperidine rings is 1. The summed E-state index contributed by atoms with van der Waals surface area (Å²) in [5.41, 5.74) is 0.795. The van der Waals surface area contributed by atoms with Gasteiger partial charge >= 0.3 is 12.2 Å². The number of alkyl halides is 3. The zero-order valence-electron chi connectivity index (χ0n) is 19.6. The predicted octanol–water partition coefficient (Wildman–Crippen LogP) is 3.60. The van der Waals surface area contributed by atoms with Crippen molar-refractivity contribution in [3.8, 4) is 0 Å². The van der Waals surface area contributed by atoms with Crippen molar-refractivity contribution in [3.63, 3.8) is 0 Å². The summed E-state index contributed by atoms with van der Waals surface area (Å²) in [5.74, 6) is -0.281. The van der Waals surface area contributed by atoms with Crippen LogP contribution in [0.25, 0.3) is 0 Å². The number of benzene rings is 2. The SMILES string of the molecule is CS(=O)(=O)NCC1(c2ccc(N3CCC[C@H](NC(=O)Nc4ccc(C(F)(F)F)cc4)C3=O)cc2)CC1. The second-order valence-electron chi connectivity index (χ2n) is 9.28. The molecule has 4 rings (SSSR count). The quantitative estimate of drug-likeness (QED) is 0.514. The third-order valence-electron chi connectivity index (χ3n) is 6.53. The van der Waals surface area contributed by atoms with Gasteiger partial charge in [0, 0.05) is 29.9 Å². The molecule has 36 heavy (non-hydrogen) atoms. The Morgan fingerprint density at radius 1 is 1.08 bits per heavy atom. The number of halogens is 3. The number of nitrogens with one attached hydrogen (secondary N) is 3. The fourth-order valence-electron chi connectivity index (χ4n) is 4.32. The van der Waals surface area contributed by atoms with Crippen molar-refractivity contribution in [2.75, 3.05) is 29.6 Å². The normalized spacial score (nSPS) is 19.6. The van der Waals surface area contributed by atoms with Crippen LogP contribution in [0, 0.1) is 0 Å². The van der Waals surface area contributed by atoms with E-state index in [1.807, 2.05) is 24.3 Å². The molecule has 1 saturated heterocycles. The molecule has 1 saturated carbocycles. The number of carbonyl (C=O) groups is 2. The summed E-state index contributed by atoms with van der Waals surface area (Å²) in [5, 5.41) is 5.07. The van der Waals surface area contributed by atoms with E-state index in [-0.39, 0.29) is 17.0 Å². The van der Waals surface area contributed by atoms with E-state index in [1.54, 1.807) is 4.90 Å². The Morgan fingerprint density at radius 2 is 1.72 bits per heavy atom. The molecule has 2 aromatic carbocycles. The van der Waals surface area contributed by atoms with Crippen LogP contribution in [-0.4, -0.2) is 45.7 Å². The highest BCUT2D eigenvalue weighted by molar-refractivity contribution is 7.88. The Hall–Kier alpha value is -3.12. The first-order valence-electron chi connectivity index (χ1n) is 11.5. The fourth-order valence-corrected chi connectivity index (χ4v) is 4.85. The van der Waals surface area contributed by atoms with Crippen LogP contribution < -0.4 is 20.3 Å². The average molecular weight is 525 g/mol. The van der Waals surface area contributed by atoms with Crippen LogP contribution in [0.2, 0.25) is 0 Å². The number of anilines is 2. The first kappa shape index (κ1) is 26.0. The minimum atomic E-state index is -4.47. The zero-order valence-corrected chi connectivity index (χ0v) is 20.4. The van der Waals surface area contributed by atoms with E-state index >= 15 is 0 Å². The minimum Gasteiger partial charge on any atom is -0.326 e. The Kier molecular flexibility index (Phi) is 7.02. The third kappa shape index (κ3) is 6.16. The van der Waals surface area contributed by atoms with Gasteiger partial charge in [-0.1, -0.05) is 12.1 Å². The Balaban J connectivity index is 1.36. The zero-order chi connectivity index (χ0) is 26.1. The van der Waals surface area contributed by atoms with Gasteiger partial charge in [-0.05, 0) is 67.6 Å². The molecule has 0 bridgehead atoms. The number of urea groups is 1. The molecule has 0 spiro atoms. The Labute approximate surface area is 207 Å². The van der Waals surface area contributed by atoms with Crippen LogP contribution >= 0.6 is 0 Å². The van der Waals surface area contributed by atoms with Crippen molar-refractivity contribution < 1.29 is 31.2 Å². The molecule has 1 heterocycles. The number of carbonyl (C=O) groups excluding carboxylic acids is 2. The molecule has 12 heteroatoms. The summed E-state index contributed by atoms with van der Waals surface area (Å²) in [6, 6.07) is 10.0. The third-order valence-corrected chi connectivity index (χ3v) is 7.20. The van der Waals surface area contributed by atoms with Crippen LogP contribution in [0.4, 0.5) is 29.3 Å². The number of hydrogen-bond donors (Lipinski definition) is 3. The summed E-state index contributed by atoms with van der Waals surface area (Å²) < 4.78 is 63.6. The van der Waals surface area contributed by atoms with Gasteiger partial charge in [0.1, 0.15) is 6.04 Å². The number of hydrogen-bond acceptors (Lipinski definition) is 4. The van der Waals surface area contributed by atoms with Crippen molar-refractivity contribution in [2.45, 2.75) is 43.3 Å². The summed E-state index contributed by atoms with van der Waals surface area (Å²) in [6.45, 7) is 0.811. The van der Waals surface area contributed by atoms with Gasteiger partial charge in [0.2, 0.25) is 15.9 Å². The second-order valence-corrected chi connectivity index (χ2v) is 11.1. The number of sulfonamides is 1. The van der Waals surface area contributed by atoms with Gasteiger partial charge in [-0.3, -0.25) is 4.79 Å². The van der Waals surface area contributed by atoms with Crippen LogP contribution in [0.1, 0.15) is 36.8 Å². The van der Waals surface area contributed by atoms with Gasteiger partial charge in [0.25, 0.3) is 0 Å². The van der Waals surface area contributed by atoms with E-state index in [0.29, 0.717) is 31.6 Å². The summed E-state index contributed by atoms with van der Waals surface area (Å²) >= 11 is 0. The summed E-state index contributed by atoms with van der Waals surface area (Å²) in [4.78, 5) is 27.0. The van der Waals surface area contributed by atoms with Crippen molar-refractivity contribution in [3.05, 3.63) is 59.7 Å². The molecule has 0 unspecified atom stereocenters. The highest BCUT2D eigenvalue weighted by atomic mass is 32.2. The highest BCUT2D eigenvalue weighted by Crippen LogP contribution is 2.48. The molecule has 1 aliphatic heterocycles. The van der Waals surface area contributed by atoms with Gasteiger partial charge in [0.15, 0.2) is 0 Å². The van der Waals surface area contributed by atoms with Crippen molar-refractivity contribution in [1.82, 2.24) is 10.0 Å². The largest absolute Gasteiger partial charge is 0.416 e. The molecule has 3 amide bonds. The average Bonchev–Trinajstić information content (AvgIpc) is 3.60. The molecule has 1 aliphatic carbocycles. The lowest BCUT2D eigenvalue weighted by Gasteiger charge is -2.33. The van der Waals surface area contributed by atoms with Gasteiger partial charge in [-0.25, -0.2) is 17.9 Å². The molecule has 2 aromatic rings. The van der Waals surface area contributed by atoms with Crippen LogP contribution in [-0.2, 0) is 26.4 Å². The van der Waals surface area contributed by atoms with E-state index in [1.165, 1.54) is 0 Å². The topological polar surface area (TPSA) is 108 Å². The monoisotopic (exact) mass is 524 g/mol. The number of rotatable bonds is 7. The first-order valence-corrected chi connectivity index (χ1v) is 13.4. The van der Waals surface area contributed by atoms with Crippen molar-refractivity contribution in [1.29, 1.82) is 0 Å². The van der Waals surface area contributed by atoms with Crippen molar-refractivity contribution in [2.24, 2.45) is 0 Å². The molecule has 2 fully saturated rings. The van der Waals surface area contributed by atoms with Gasteiger partial charge in [-0.15, -0.1) is 0 Å². The van der Waals surface area contributed by atoms with E-state index in [2.05, 4.69) is 15.4 Å². The van der Waals surface area contributed by atoms with Crippen LogP contribution in [0.15, 0.2) is 48.5 Å². The molecular formula is C24H27F3N4O4S. The molecule has 0 aromatic heterocycles. The molecule has 8 nitrogen and oxygen atoms in total. The molecule has 0 radical (unpaired) electrons. The standard InChI is InChI=1S/C24H27F3N4O4S/c1-36(34,35)28-15-23(12-13-23)16-6-10-19(11-7-16)31-14-2-3-20(21(31)32)30-22(33)29-18-8-4-17(5-9-18)24(25,26)27/h4-11,20,28H,2-3,12-15H2,1H3,(H2,29,30,33)/t20-/m0/s1. The van der Waals surface area contributed by atoms with E-state index in [0.717, 1.165) is 48.9 Å². The molecule has 1 atom stereocenters. The molecule has 194 valence electrons. The summed E-state index contributed by atoms with van der Waals surface area (Å²) in [7, 11) is -3.29. The van der Waals surface area contributed by atoms with E-state index in [9.17, 15) is 31.2 Å². The lowest BCUT2D eigenvalue weighted by Crippen LogP contribution is -2.53. The second kappa shape index (κ2) is 9.74. The van der Waals surface area contributed by atoms with E-state index < -0.39 is 33.8 Å². The smallest absolute Gasteiger partial charge is 0.326 e. The lowest BCUT2D eigenvalue weighted by atomic mass is 9.95. The number of nitrogens with zero attached hydrogens (tertiary/aromatic N) is 1. The minimum absolute atomic E-state index is 0.176. The maximum absolute atomic E-state index is 13.1. The van der Waals surface area contributed by atoms with Crippen LogP contribution in [0.3, 0.4) is 0 Å². The van der Waals surface area contributed by atoms with Gasteiger partial charge in [-0.2, -0.15) is 13.2 Å². The van der Waals surface area contributed by atoms with Crippen LogP contribution in [0.5, 0.6) is 0 Å². The Bertz CT molecular complexity index is 1230. The number of amides is 3. The highest BCUT2D eigenvalue weighted by Gasteiger charge is 2.44. The van der Waals surface area contributed by atoms with Gasteiger partial charge in [0.05, 0.1) is 11.8 Å². The predicted molar refractivity (Wildman–Crippen MR) is 129 cm³/mol. The molecule has 2 aliphatic rings. The molecular weight excluding hydrogens is 497 g/mol. The fraction of sp³-hybridized carbons (Fsp3) is 0.417. The molecule has 3 N–H and O–H groups in total. The maximum Gasteiger partial charge on any atom is 0.416 e. The summed E-state index contributed by atoms with van der Waals surface area (Å²) in [6.07, 6.45) is -0.504. The lowest BCUT2D eigenvalue weighted by molar-refractivity contribution is -0.137. The first-order chi connectivity index (χ1) is 16.9. The van der Waals surface area contributed by atoms with E-state index in [4.69, 9.17) is 0 Å². The van der Waals surface area contributed by atoms with Crippen molar-refractivity contribution >= 4 is 33.3 Å². The van der Waals surface area contributed by atoms with Gasteiger partial charge < -0.3 is 15.5 Å².